The second-order valence-electron chi connectivity index (χ2n) is 7.09. The standard InChI is InChI=1S/C21H27N3O/c1-2-7-19(8-3-1)24-13-9-20(16-24)23-14-10-21(11-15-23)25-17-18-6-4-5-12-22-18/h1-8,12,20-21H,9-11,13-17H2. The maximum atomic E-state index is 6.07. The highest BCUT2D eigenvalue weighted by Crippen LogP contribution is 2.25. The van der Waals surface area contributed by atoms with Crippen LogP contribution in [0.4, 0.5) is 5.69 Å². The molecule has 2 saturated heterocycles. The molecule has 4 nitrogen and oxygen atoms in total. The Hall–Kier alpha value is -1.91. The lowest BCUT2D eigenvalue weighted by Crippen LogP contribution is -2.44. The number of benzene rings is 1. The molecule has 0 saturated carbocycles. The van der Waals surface area contributed by atoms with Gasteiger partial charge in [0.25, 0.3) is 0 Å². The first-order valence-electron chi connectivity index (χ1n) is 9.44. The summed E-state index contributed by atoms with van der Waals surface area (Å²) < 4.78 is 6.07. The number of nitrogens with zero attached hydrogens (tertiary/aromatic N) is 3. The Bertz CT molecular complexity index is 641. The van der Waals surface area contributed by atoms with Gasteiger partial charge in [-0.05, 0) is 43.5 Å². The minimum absolute atomic E-state index is 0.380. The Balaban J connectivity index is 1.23. The van der Waals surface area contributed by atoms with Gasteiger partial charge in [-0.25, -0.2) is 0 Å². The van der Waals surface area contributed by atoms with Crippen LogP contribution in [0.1, 0.15) is 25.0 Å². The highest BCUT2D eigenvalue weighted by atomic mass is 16.5. The van der Waals surface area contributed by atoms with E-state index in [1.54, 1.807) is 0 Å². The molecule has 25 heavy (non-hydrogen) atoms. The molecule has 0 aliphatic carbocycles. The Labute approximate surface area is 150 Å². The van der Waals surface area contributed by atoms with E-state index >= 15 is 0 Å². The first kappa shape index (κ1) is 16.6. The molecule has 0 amide bonds. The fourth-order valence-electron chi connectivity index (χ4n) is 4.01. The molecule has 1 atom stereocenters. The molecule has 3 heterocycles. The highest BCUT2D eigenvalue weighted by Gasteiger charge is 2.30. The van der Waals surface area contributed by atoms with Crippen molar-refractivity contribution in [2.45, 2.75) is 38.0 Å². The summed E-state index contributed by atoms with van der Waals surface area (Å²) in [5.74, 6) is 0. The van der Waals surface area contributed by atoms with Crippen molar-refractivity contribution in [3.8, 4) is 0 Å². The minimum atomic E-state index is 0.380. The van der Waals surface area contributed by atoms with Crippen LogP contribution in [-0.2, 0) is 11.3 Å². The lowest BCUT2D eigenvalue weighted by atomic mass is 10.0. The number of likely N-dealkylation sites (tertiary alicyclic amines) is 1. The van der Waals surface area contributed by atoms with Crippen LogP contribution >= 0.6 is 0 Å². The number of hydrogen-bond donors (Lipinski definition) is 0. The second kappa shape index (κ2) is 7.98. The summed E-state index contributed by atoms with van der Waals surface area (Å²) in [6.45, 7) is 5.27. The van der Waals surface area contributed by atoms with Gasteiger partial charge in [0.1, 0.15) is 0 Å². The minimum Gasteiger partial charge on any atom is -0.372 e. The predicted molar refractivity (Wildman–Crippen MR) is 101 cm³/mol. The maximum Gasteiger partial charge on any atom is 0.0891 e. The summed E-state index contributed by atoms with van der Waals surface area (Å²) in [4.78, 5) is 9.53. The van der Waals surface area contributed by atoms with Gasteiger partial charge in [-0.1, -0.05) is 24.3 Å². The summed E-state index contributed by atoms with van der Waals surface area (Å²) in [5.41, 5.74) is 2.39. The molecule has 132 valence electrons. The Kier molecular flexibility index (Phi) is 5.28. The molecule has 4 heteroatoms. The molecule has 1 aromatic carbocycles. The van der Waals surface area contributed by atoms with Crippen LogP contribution in [-0.4, -0.2) is 48.2 Å². The summed E-state index contributed by atoms with van der Waals surface area (Å²) in [6.07, 6.45) is 5.75. The second-order valence-corrected chi connectivity index (χ2v) is 7.09. The van der Waals surface area contributed by atoms with Gasteiger partial charge in [0.15, 0.2) is 0 Å². The van der Waals surface area contributed by atoms with E-state index in [0.717, 1.165) is 38.2 Å². The predicted octanol–water partition coefficient (Wildman–Crippen LogP) is 3.34. The fraction of sp³-hybridized carbons (Fsp3) is 0.476. The largest absolute Gasteiger partial charge is 0.372 e. The van der Waals surface area contributed by atoms with E-state index in [-0.39, 0.29) is 0 Å². The molecule has 0 spiro atoms. The Morgan fingerprint density at radius 3 is 2.48 bits per heavy atom. The topological polar surface area (TPSA) is 28.6 Å². The van der Waals surface area contributed by atoms with Gasteiger partial charge in [0.2, 0.25) is 0 Å². The lowest BCUT2D eigenvalue weighted by molar-refractivity contribution is -0.0104. The smallest absolute Gasteiger partial charge is 0.0891 e. The first-order chi connectivity index (χ1) is 12.4. The number of ether oxygens (including phenoxy) is 1. The number of aromatic nitrogens is 1. The number of rotatable bonds is 5. The third kappa shape index (κ3) is 4.20. The van der Waals surface area contributed by atoms with Crippen molar-refractivity contribution in [2.24, 2.45) is 0 Å². The molecule has 0 N–H and O–H groups in total. The molecule has 1 aromatic heterocycles. The quantitative estimate of drug-likeness (QED) is 0.837. The van der Waals surface area contributed by atoms with E-state index in [2.05, 4.69) is 45.1 Å². The van der Waals surface area contributed by atoms with E-state index in [1.165, 1.54) is 18.7 Å². The number of pyridine rings is 1. The molecule has 0 bridgehead atoms. The van der Waals surface area contributed by atoms with Gasteiger partial charge in [0, 0.05) is 44.1 Å². The van der Waals surface area contributed by atoms with Crippen LogP contribution in [0.2, 0.25) is 0 Å². The number of piperidine rings is 1. The van der Waals surface area contributed by atoms with Crippen molar-refractivity contribution in [1.82, 2.24) is 9.88 Å². The molecular formula is C21H27N3O. The maximum absolute atomic E-state index is 6.07. The molecule has 2 aromatic rings. The summed E-state index contributed by atoms with van der Waals surface area (Å²) in [7, 11) is 0. The van der Waals surface area contributed by atoms with Gasteiger partial charge in [0.05, 0.1) is 18.4 Å². The van der Waals surface area contributed by atoms with Gasteiger partial charge in [-0.2, -0.15) is 0 Å². The summed E-state index contributed by atoms with van der Waals surface area (Å²) >= 11 is 0. The molecule has 4 rings (SSSR count). The van der Waals surface area contributed by atoms with Crippen molar-refractivity contribution in [2.75, 3.05) is 31.1 Å². The molecular weight excluding hydrogens is 310 g/mol. The van der Waals surface area contributed by atoms with Crippen molar-refractivity contribution in [3.05, 3.63) is 60.4 Å². The molecule has 2 aliphatic rings. The van der Waals surface area contributed by atoms with E-state index < -0.39 is 0 Å². The zero-order valence-corrected chi connectivity index (χ0v) is 14.8. The van der Waals surface area contributed by atoms with Crippen LogP contribution in [0.3, 0.4) is 0 Å². The SMILES string of the molecule is c1ccc(N2CCC(N3CCC(OCc4ccccn4)CC3)C2)cc1. The van der Waals surface area contributed by atoms with Crippen LogP contribution in [0.25, 0.3) is 0 Å². The summed E-state index contributed by atoms with van der Waals surface area (Å²) in [5, 5.41) is 0. The van der Waals surface area contributed by atoms with Gasteiger partial charge in [-0.3, -0.25) is 9.88 Å². The van der Waals surface area contributed by atoms with Gasteiger partial charge >= 0.3 is 0 Å². The first-order valence-corrected chi connectivity index (χ1v) is 9.44. The van der Waals surface area contributed by atoms with E-state index in [4.69, 9.17) is 4.74 Å². The Morgan fingerprint density at radius 1 is 0.920 bits per heavy atom. The third-order valence-electron chi connectivity index (χ3n) is 5.47. The highest BCUT2D eigenvalue weighted by molar-refractivity contribution is 5.47. The van der Waals surface area contributed by atoms with Crippen LogP contribution in [0.5, 0.6) is 0 Å². The van der Waals surface area contributed by atoms with Crippen molar-refractivity contribution in [1.29, 1.82) is 0 Å². The number of para-hydroxylation sites is 1. The van der Waals surface area contributed by atoms with Gasteiger partial charge in [-0.15, -0.1) is 0 Å². The third-order valence-corrected chi connectivity index (χ3v) is 5.47. The van der Waals surface area contributed by atoms with Crippen molar-refractivity contribution >= 4 is 5.69 Å². The average molecular weight is 337 g/mol. The number of hydrogen-bond acceptors (Lipinski definition) is 4. The molecule has 1 unspecified atom stereocenters. The zero-order valence-electron chi connectivity index (χ0n) is 14.8. The van der Waals surface area contributed by atoms with Crippen molar-refractivity contribution in [3.63, 3.8) is 0 Å². The van der Waals surface area contributed by atoms with Crippen LogP contribution in [0.15, 0.2) is 54.7 Å². The monoisotopic (exact) mass is 337 g/mol. The van der Waals surface area contributed by atoms with E-state index in [1.807, 2.05) is 24.4 Å². The zero-order chi connectivity index (χ0) is 16.9. The van der Waals surface area contributed by atoms with Crippen LogP contribution < -0.4 is 4.90 Å². The normalized spacial score (nSPS) is 22.4. The lowest BCUT2D eigenvalue weighted by Gasteiger charge is -2.36. The average Bonchev–Trinajstić information content (AvgIpc) is 3.19. The molecule has 0 radical (unpaired) electrons. The van der Waals surface area contributed by atoms with Gasteiger partial charge < -0.3 is 9.64 Å². The fourth-order valence-corrected chi connectivity index (χ4v) is 4.01. The van der Waals surface area contributed by atoms with E-state index in [0.29, 0.717) is 18.8 Å². The van der Waals surface area contributed by atoms with Crippen molar-refractivity contribution < 1.29 is 4.74 Å². The molecule has 2 aliphatic heterocycles. The Morgan fingerprint density at radius 2 is 1.72 bits per heavy atom. The summed E-state index contributed by atoms with van der Waals surface area (Å²) in [6, 6.07) is 17.5. The van der Waals surface area contributed by atoms with Crippen LogP contribution in [0, 0.1) is 0 Å². The number of anilines is 1. The molecule has 2 fully saturated rings. The van der Waals surface area contributed by atoms with E-state index in [9.17, 15) is 0 Å².